The molecule has 108 valence electrons. The highest BCUT2D eigenvalue weighted by molar-refractivity contribution is 5.89. The number of hydrogen-bond donors (Lipinski definition) is 1. The van der Waals surface area contributed by atoms with Crippen LogP contribution >= 0.6 is 0 Å². The number of rotatable bonds is 4. The molecule has 0 unspecified atom stereocenters. The lowest BCUT2D eigenvalue weighted by Gasteiger charge is -2.10. The fourth-order valence-corrected chi connectivity index (χ4v) is 2.46. The molecular weight excluding hydrogens is 266 g/mol. The van der Waals surface area contributed by atoms with Crippen LogP contribution in [0.15, 0.2) is 42.5 Å². The van der Waals surface area contributed by atoms with E-state index in [1.807, 2.05) is 34.9 Å². The highest BCUT2D eigenvalue weighted by atomic mass is 16.5. The van der Waals surface area contributed by atoms with Crippen molar-refractivity contribution in [3.63, 3.8) is 0 Å². The molecule has 3 aromatic rings. The summed E-state index contributed by atoms with van der Waals surface area (Å²) < 4.78 is 12.7. The van der Waals surface area contributed by atoms with Crippen LogP contribution in [0, 0.1) is 0 Å². The molecule has 2 N–H and O–H groups in total. The minimum absolute atomic E-state index is 0.441. The fourth-order valence-electron chi connectivity index (χ4n) is 2.46. The van der Waals surface area contributed by atoms with Gasteiger partial charge in [-0.05, 0) is 17.7 Å². The summed E-state index contributed by atoms with van der Waals surface area (Å²) in [4.78, 5) is 4.42. The maximum Gasteiger partial charge on any atom is 0.201 e. The average Bonchev–Trinajstić information content (AvgIpc) is 2.84. The van der Waals surface area contributed by atoms with Crippen molar-refractivity contribution in [2.45, 2.75) is 6.54 Å². The Kier molecular flexibility index (Phi) is 3.39. The molecule has 5 heteroatoms. The molecule has 0 atom stereocenters. The Morgan fingerprint density at radius 2 is 1.67 bits per heavy atom. The number of nitrogens with zero attached hydrogens (tertiary/aromatic N) is 2. The average molecular weight is 283 g/mol. The number of nitrogens with two attached hydrogens (primary N) is 1. The largest absolute Gasteiger partial charge is 0.494 e. The zero-order valence-electron chi connectivity index (χ0n) is 12.0. The van der Waals surface area contributed by atoms with Crippen molar-refractivity contribution < 1.29 is 9.47 Å². The monoisotopic (exact) mass is 283 g/mol. The van der Waals surface area contributed by atoms with Crippen LogP contribution in [0.1, 0.15) is 5.56 Å². The number of hydrogen-bond acceptors (Lipinski definition) is 4. The number of benzene rings is 2. The summed E-state index contributed by atoms with van der Waals surface area (Å²) in [6, 6.07) is 13.8. The van der Waals surface area contributed by atoms with E-state index in [1.165, 1.54) is 0 Å². The van der Waals surface area contributed by atoms with Crippen LogP contribution < -0.4 is 15.2 Å². The molecule has 3 rings (SSSR count). The number of fused-ring (bicyclic) bond motifs is 1. The molecule has 0 amide bonds. The first-order valence-electron chi connectivity index (χ1n) is 6.65. The van der Waals surface area contributed by atoms with Crippen LogP contribution in [0.4, 0.5) is 5.95 Å². The summed E-state index contributed by atoms with van der Waals surface area (Å²) >= 11 is 0. The van der Waals surface area contributed by atoms with Crippen molar-refractivity contribution in [3.8, 4) is 11.5 Å². The minimum Gasteiger partial charge on any atom is -0.494 e. The maximum atomic E-state index is 6.09. The second-order valence-electron chi connectivity index (χ2n) is 4.71. The van der Waals surface area contributed by atoms with Gasteiger partial charge in [0.1, 0.15) is 22.5 Å². The molecule has 0 saturated heterocycles. The number of nitrogen functional groups attached to an aromatic ring is 1. The van der Waals surface area contributed by atoms with Gasteiger partial charge in [0, 0.05) is 0 Å². The number of imidazole rings is 1. The lowest BCUT2D eigenvalue weighted by molar-refractivity contribution is 0.409. The van der Waals surface area contributed by atoms with E-state index in [9.17, 15) is 0 Å². The van der Waals surface area contributed by atoms with Crippen LogP contribution in [0.5, 0.6) is 11.5 Å². The van der Waals surface area contributed by atoms with Gasteiger partial charge in [0.05, 0.1) is 20.8 Å². The molecule has 21 heavy (non-hydrogen) atoms. The molecule has 0 aliphatic carbocycles. The van der Waals surface area contributed by atoms with Gasteiger partial charge in [-0.25, -0.2) is 4.98 Å². The van der Waals surface area contributed by atoms with Crippen LogP contribution in [0.25, 0.3) is 11.0 Å². The second kappa shape index (κ2) is 5.36. The van der Waals surface area contributed by atoms with Crippen molar-refractivity contribution in [2.75, 3.05) is 20.0 Å². The molecule has 0 saturated carbocycles. The highest BCUT2D eigenvalue weighted by Crippen LogP contribution is 2.34. The van der Waals surface area contributed by atoms with Crippen molar-refractivity contribution in [3.05, 3.63) is 48.0 Å². The summed E-state index contributed by atoms with van der Waals surface area (Å²) in [6.07, 6.45) is 0. The van der Waals surface area contributed by atoms with Gasteiger partial charge in [-0.2, -0.15) is 0 Å². The van der Waals surface area contributed by atoms with Gasteiger partial charge in [-0.1, -0.05) is 30.3 Å². The number of anilines is 1. The maximum absolute atomic E-state index is 6.09. The van der Waals surface area contributed by atoms with Crippen molar-refractivity contribution in [1.29, 1.82) is 0 Å². The Morgan fingerprint density at radius 3 is 2.33 bits per heavy atom. The standard InChI is InChI=1S/C16H17N3O2/c1-20-12-8-9-13(21-2)15-14(12)18-16(17)19(15)10-11-6-4-3-5-7-11/h3-9H,10H2,1-2H3,(H2,17,18). The fraction of sp³-hybridized carbons (Fsp3) is 0.188. The van der Waals surface area contributed by atoms with Crippen molar-refractivity contribution >= 4 is 17.0 Å². The Labute approximate surface area is 122 Å². The summed E-state index contributed by atoms with van der Waals surface area (Å²) in [5, 5.41) is 0. The third-order valence-electron chi connectivity index (χ3n) is 3.47. The van der Waals surface area contributed by atoms with E-state index < -0.39 is 0 Å². The first-order chi connectivity index (χ1) is 10.2. The Morgan fingerprint density at radius 1 is 1.00 bits per heavy atom. The van der Waals surface area contributed by atoms with Gasteiger partial charge in [0.25, 0.3) is 0 Å². The number of methoxy groups -OCH3 is 2. The van der Waals surface area contributed by atoms with Crippen LogP contribution in [-0.4, -0.2) is 23.8 Å². The summed E-state index contributed by atoms with van der Waals surface area (Å²) in [7, 11) is 3.25. The Hall–Kier alpha value is -2.69. The third-order valence-corrected chi connectivity index (χ3v) is 3.47. The molecule has 1 heterocycles. The summed E-state index contributed by atoms with van der Waals surface area (Å²) in [5.41, 5.74) is 8.79. The van der Waals surface area contributed by atoms with Gasteiger partial charge < -0.3 is 19.8 Å². The van der Waals surface area contributed by atoms with Crippen LogP contribution in [0.2, 0.25) is 0 Å². The highest BCUT2D eigenvalue weighted by Gasteiger charge is 2.17. The molecule has 0 radical (unpaired) electrons. The molecule has 2 aromatic carbocycles. The van der Waals surface area contributed by atoms with Crippen molar-refractivity contribution in [1.82, 2.24) is 9.55 Å². The van der Waals surface area contributed by atoms with Gasteiger partial charge >= 0.3 is 0 Å². The smallest absolute Gasteiger partial charge is 0.201 e. The van der Waals surface area contributed by atoms with Crippen molar-refractivity contribution in [2.24, 2.45) is 0 Å². The number of aromatic nitrogens is 2. The SMILES string of the molecule is COc1ccc(OC)c2c1nc(N)n2Cc1ccccc1. The molecule has 0 aliphatic heterocycles. The molecule has 5 nitrogen and oxygen atoms in total. The second-order valence-corrected chi connectivity index (χ2v) is 4.71. The zero-order valence-corrected chi connectivity index (χ0v) is 12.0. The third kappa shape index (κ3) is 2.27. The first kappa shape index (κ1) is 13.3. The quantitative estimate of drug-likeness (QED) is 0.799. The predicted octanol–water partition coefficient (Wildman–Crippen LogP) is 2.68. The van der Waals surface area contributed by atoms with E-state index in [0.717, 1.165) is 16.8 Å². The van der Waals surface area contributed by atoms with Gasteiger partial charge in [-0.15, -0.1) is 0 Å². The van der Waals surface area contributed by atoms with E-state index in [2.05, 4.69) is 17.1 Å². The molecule has 0 fully saturated rings. The first-order valence-corrected chi connectivity index (χ1v) is 6.65. The summed E-state index contributed by atoms with van der Waals surface area (Å²) in [6.45, 7) is 0.632. The lowest BCUT2D eigenvalue weighted by atomic mass is 10.2. The molecule has 0 spiro atoms. The van der Waals surface area contributed by atoms with E-state index in [4.69, 9.17) is 15.2 Å². The van der Waals surface area contributed by atoms with Crippen LogP contribution in [-0.2, 0) is 6.54 Å². The van der Waals surface area contributed by atoms with E-state index in [-0.39, 0.29) is 0 Å². The Balaban J connectivity index is 2.20. The topological polar surface area (TPSA) is 62.3 Å². The van der Waals surface area contributed by atoms with E-state index in [1.54, 1.807) is 14.2 Å². The Bertz CT molecular complexity index is 766. The molecular formula is C16H17N3O2. The lowest BCUT2D eigenvalue weighted by Crippen LogP contribution is -2.05. The molecule has 0 aliphatic rings. The van der Waals surface area contributed by atoms with E-state index in [0.29, 0.717) is 23.8 Å². The molecule has 0 bridgehead atoms. The van der Waals surface area contributed by atoms with Crippen LogP contribution in [0.3, 0.4) is 0 Å². The van der Waals surface area contributed by atoms with E-state index >= 15 is 0 Å². The number of ether oxygens (including phenoxy) is 2. The van der Waals surface area contributed by atoms with Gasteiger partial charge in [0.2, 0.25) is 5.95 Å². The predicted molar refractivity (Wildman–Crippen MR) is 82.8 cm³/mol. The van der Waals surface area contributed by atoms with Gasteiger partial charge in [-0.3, -0.25) is 0 Å². The molecule has 1 aromatic heterocycles. The summed E-state index contributed by atoms with van der Waals surface area (Å²) in [5.74, 6) is 1.85. The zero-order chi connectivity index (χ0) is 14.8. The minimum atomic E-state index is 0.441. The van der Waals surface area contributed by atoms with Gasteiger partial charge in [0.15, 0.2) is 0 Å². The normalized spacial score (nSPS) is 10.8.